The molecule has 0 spiro atoms. The van der Waals surface area contributed by atoms with Gasteiger partial charge >= 0.3 is 0 Å². The molecule has 76 valence electrons. The summed E-state index contributed by atoms with van der Waals surface area (Å²) in [6, 6.07) is 0. The minimum atomic E-state index is 0. The van der Waals surface area contributed by atoms with Crippen molar-refractivity contribution in [3.8, 4) is 0 Å². The third-order valence-electron chi connectivity index (χ3n) is 1.20. The maximum absolute atomic E-state index is 10.0. The molecule has 0 saturated heterocycles. The van der Waals surface area contributed by atoms with E-state index in [2.05, 4.69) is 0 Å². The second kappa shape index (κ2) is 14.7. The van der Waals surface area contributed by atoms with Crippen molar-refractivity contribution < 1.29 is 35.8 Å². The maximum atomic E-state index is 10.0. The van der Waals surface area contributed by atoms with E-state index >= 15 is 0 Å². The minimum absolute atomic E-state index is 0. The molecule has 0 bridgehead atoms. The maximum Gasteiger partial charge on any atom is 0.129 e. The predicted octanol–water partition coefficient (Wildman–Crippen LogP) is 2.75. The van der Waals surface area contributed by atoms with Gasteiger partial charge in [-0.3, -0.25) is 0 Å². The number of hydrogen-bond acceptors (Lipinski definition) is 2. The van der Waals surface area contributed by atoms with Gasteiger partial charge in [-0.1, -0.05) is 13.8 Å². The van der Waals surface area contributed by atoms with Gasteiger partial charge < -0.3 is 9.59 Å². The molecule has 0 saturated carbocycles. The molecule has 0 aliphatic heterocycles. The zero-order valence-electron chi connectivity index (χ0n) is 9.14. The van der Waals surface area contributed by atoms with Gasteiger partial charge in [-0.15, -0.1) is 0 Å². The third-order valence-corrected chi connectivity index (χ3v) is 1.20. The molecule has 0 aliphatic carbocycles. The number of carbonyl (C=O) groups is 2. The van der Waals surface area contributed by atoms with Crippen molar-refractivity contribution in [1.29, 1.82) is 0 Å². The van der Waals surface area contributed by atoms with Crippen LogP contribution in [0, 0.1) is 0 Å². The van der Waals surface area contributed by atoms with Crippen LogP contribution in [0.3, 0.4) is 0 Å². The molecule has 0 heterocycles. The van der Waals surface area contributed by atoms with Crippen LogP contribution in [0.5, 0.6) is 0 Å². The monoisotopic (exact) mass is 262 g/mol. The van der Waals surface area contributed by atoms with Crippen LogP contribution in [0.25, 0.3) is 0 Å². The van der Waals surface area contributed by atoms with Crippen LogP contribution in [0.4, 0.5) is 0 Å². The predicted molar refractivity (Wildman–Crippen MR) is 51.2 cm³/mol. The third kappa shape index (κ3) is 33.0. The van der Waals surface area contributed by atoms with Crippen LogP contribution in [0.1, 0.15) is 53.4 Å². The molecule has 0 aromatic heterocycles. The first-order valence-electron chi connectivity index (χ1n) is 4.53. The van der Waals surface area contributed by atoms with Gasteiger partial charge in [0.1, 0.15) is 11.6 Å². The van der Waals surface area contributed by atoms with Crippen LogP contribution in [0.15, 0.2) is 0 Å². The summed E-state index contributed by atoms with van der Waals surface area (Å²) in [4.78, 5) is 20.1. The largest absolute Gasteiger partial charge is 0.300 e. The summed E-state index contributed by atoms with van der Waals surface area (Å²) in [5.41, 5.74) is 0. The Labute approximate surface area is 101 Å². The Morgan fingerprint density at radius 3 is 1.08 bits per heavy atom. The van der Waals surface area contributed by atoms with Crippen LogP contribution in [-0.4, -0.2) is 11.6 Å². The minimum Gasteiger partial charge on any atom is -0.300 e. The van der Waals surface area contributed by atoms with E-state index in [9.17, 15) is 9.59 Å². The van der Waals surface area contributed by atoms with E-state index in [0.29, 0.717) is 0 Å². The van der Waals surface area contributed by atoms with Crippen molar-refractivity contribution in [3.63, 3.8) is 0 Å². The second-order valence-corrected chi connectivity index (χ2v) is 2.90. The summed E-state index contributed by atoms with van der Waals surface area (Å²) >= 11 is 0. The number of carbonyl (C=O) groups excluding carboxylic acids is 2. The van der Waals surface area contributed by atoms with Gasteiger partial charge in [0.25, 0.3) is 0 Å². The summed E-state index contributed by atoms with van der Waals surface area (Å²) in [6.07, 6.45) is 3.44. The van der Waals surface area contributed by atoms with Crippen LogP contribution in [0.2, 0.25) is 0 Å². The fourth-order valence-corrected chi connectivity index (χ4v) is 0.704. The summed E-state index contributed by atoms with van der Waals surface area (Å²) < 4.78 is 0. The molecule has 0 amide bonds. The van der Waals surface area contributed by atoms with Crippen molar-refractivity contribution >= 4 is 11.6 Å². The fourth-order valence-electron chi connectivity index (χ4n) is 0.704. The summed E-state index contributed by atoms with van der Waals surface area (Å²) in [6.45, 7) is 7.23. The Morgan fingerprint density at radius 2 is 1.08 bits per heavy atom. The molecule has 0 fully saturated rings. The first-order valence-corrected chi connectivity index (χ1v) is 4.53. The van der Waals surface area contributed by atoms with Gasteiger partial charge in [-0.05, 0) is 26.7 Å². The molecule has 0 unspecified atom stereocenters. The Balaban J connectivity index is -0.000000143. The van der Waals surface area contributed by atoms with E-state index < -0.39 is 0 Å². The molecule has 0 aromatic carbocycles. The SMILES string of the molecule is CCCC(C)=O.CCCC(C)=O.[Zr]. The van der Waals surface area contributed by atoms with Gasteiger partial charge in [-0.2, -0.15) is 0 Å². The molecule has 13 heavy (non-hydrogen) atoms. The quantitative estimate of drug-likeness (QED) is 0.781. The first kappa shape index (κ1) is 18.9. The van der Waals surface area contributed by atoms with E-state index in [1.54, 1.807) is 13.8 Å². The summed E-state index contributed by atoms with van der Waals surface area (Å²) in [7, 11) is 0. The molecule has 0 aliphatic rings. The Kier molecular flexibility index (Phi) is 21.4. The second-order valence-electron chi connectivity index (χ2n) is 2.90. The molecule has 0 N–H and O–H groups in total. The van der Waals surface area contributed by atoms with Gasteiger partial charge in [0.15, 0.2) is 0 Å². The zero-order valence-corrected chi connectivity index (χ0v) is 11.6. The Bertz CT molecular complexity index is 117. The van der Waals surface area contributed by atoms with Crippen molar-refractivity contribution in [2.75, 3.05) is 0 Å². The van der Waals surface area contributed by atoms with Gasteiger partial charge in [0.05, 0.1) is 0 Å². The van der Waals surface area contributed by atoms with Crippen molar-refractivity contribution in [3.05, 3.63) is 0 Å². The van der Waals surface area contributed by atoms with Crippen LogP contribution >= 0.6 is 0 Å². The molecule has 0 aromatic rings. The molecule has 0 radical (unpaired) electrons. The van der Waals surface area contributed by atoms with Gasteiger partial charge in [0, 0.05) is 39.0 Å². The molecular formula is C10H20O2Zr. The molecule has 2 nitrogen and oxygen atoms in total. The first-order chi connectivity index (χ1) is 5.54. The molecular weight excluding hydrogens is 243 g/mol. The van der Waals surface area contributed by atoms with Crippen molar-refractivity contribution in [2.24, 2.45) is 0 Å². The van der Waals surface area contributed by atoms with E-state index in [1.807, 2.05) is 13.8 Å². The number of ketones is 2. The topological polar surface area (TPSA) is 34.1 Å². The van der Waals surface area contributed by atoms with Gasteiger partial charge in [0.2, 0.25) is 0 Å². The van der Waals surface area contributed by atoms with Crippen LogP contribution < -0.4 is 0 Å². The van der Waals surface area contributed by atoms with Crippen molar-refractivity contribution in [2.45, 2.75) is 53.4 Å². The van der Waals surface area contributed by atoms with Gasteiger partial charge in [-0.25, -0.2) is 0 Å². The Hall–Kier alpha value is 0.223. The smallest absolute Gasteiger partial charge is 0.129 e. The zero-order chi connectivity index (χ0) is 9.98. The number of Topliss-reactive ketones (excluding diaryl/α,β-unsaturated/α-hetero) is 2. The molecule has 3 heteroatoms. The summed E-state index contributed by atoms with van der Waals surface area (Å²) in [5.74, 6) is 0.579. The summed E-state index contributed by atoms with van der Waals surface area (Å²) in [5, 5.41) is 0. The number of hydrogen-bond donors (Lipinski definition) is 0. The molecule has 0 atom stereocenters. The standard InChI is InChI=1S/2C5H10O.Zr/c2*1-3-4-5(2)6;/h2*3-4H2,1-2H3;. The van der Waals surface area contributed by atoms with E-state index in [4.69, 9.17) is 0 Å². The molecule has 0 rings (SSSR count). The number of rotatable bonds is 4. The fraction of sp³-hybridized carbons (Fsp3) is 0.800. The van der Waals surface area contributed by atoms with E-state index in [1.165, 1.54) is 0 Å². The average molecular weight is 263 g/mol. The normalized spacial score (nSPS) is 7.69. The average Bonchev–Trinajstić information content (AvgIpc) is 1.87. The Morgan fingerprint density at radius 1 is 0.846 bits per heavy atom. The van der Waals surface area contributed by atoms with Crippen LogP contribution in [-0.2, 0) is 35.8 Å². The van der Waals surface area contributed by atoms with E-state index in [0.717, 1.165) is 25.7 Å². The van der Waals surface area contributed by atoms with Crippen molar-refractivity contribution in [1.82, 2.24) is 0 Å². The van der Waals surface area contributed by atoms with E-state index in [-0.39, 0.29) is 37.8 Å².